The van der Waals surface area contributed by atoms with Crippen molar-refractivity contribution in [1.29, 1.82) is 0 Å². The van der Waals surface area contributed by atoms with Crippen LogP contribution in [0.4, 0.5) is 23.4 Å². The summed E-state index contributed by atoms with van der Waals surface area (Å²) in [5.74, 6) is -4.45. The number of hydrogen-bond acceptors (Lipinski definition) is 7. The fourth-order valence-corrected chi connectivity index (χ4v) is 4.07. The molecule has 0 unspecified atom stereocenters. The summed E-state index contributed by atoms with van der Waals surface area (Å²) in [6, 6.07) is 4.68. The van der Waals surface area contributed by atoms with E-state index in [-0.39, 0.29) is 29.8 Å². The van der Waals surface area contributed by atoms with Gasteiger partial charge in [0.05, 0.1) is 17.3 Å². The molecule has 0 saturated carbocycles. The third kappa shape index (κ3) is 10.0. The monoisotopic (exact) mass is 578 g/mol. The number of aromatic nitrogens is 3. The molecule has 0 bridgehead atoms. The fraction of sp³-hybridized carbons (Fsp3) is 0.583. The zero-order valence-electron chi connectivity index (χ0n) is 21.5. The van der Waals surface area contributed by atoms with Crippen LogP contribution in [0.1, 0.15) is 42.9 Å². The summed E-state index contributed by atoms with van der Waals surface area (Å²) in [6.45, 7) is -1.03. The van der Waals surface area contributed by atoms with Crippen LogP contribution in [0.25, 0.3) is 0 Å². The number of piperidine rings is 1. The normalized spacial score (nSPS) is 15.2. The van der Waals surface area contributed by atoms with Crippen LogP contribution in [0, 0.1) is 0 Å². The van der Waals surface area contributed by atoms with Crippen molar-refractivity contribution in [1.82, 2.24) is 25.0 Å². The average molecular weight is 579 g/mol. The molecule has 0 radical (unpaired) electrons. The highest BCUT2D eigenvalue weighted by atomic mass is 35.5. The van der Waals surface area contributed by atoms with Crippen LogP contribution in [-0.2, 0) is 27.4 Å². The van der Waals surface area contributed by atoms with Crippen molar-refractivity contribution < 1.29 is 36.6 Å². The minimum Gasteiger partial charge on any atom is -0.369 e. The van der Waals surface area contributed by atoms with Crippen molar-refractivity contribution in [3.63, 3.8) is 0 Å². The Hall–Kier alpha value is -2.81. The number of carbonyl (C=O) groups excluding carboxylic acids is 2. The first-order valence-corrected chi connectivity index (χ1v) is 12.7. The molecule has 1 aliphatic heterocycles. The lowest BCUT2D eigenvalue weighted by Crippen LogP contribution is -2.47. The molecule has 10 nitrogen and oxygen atoms in total. The van der Waals surface area contributed by atoms with Crippen LogP contribution in [0.2, 0.25) is 5.02 Å². The van der Waals surface area contributed by atoms with Gasteiger partial charge in [0.1, 0.15) is 31.3 Å². The van der Waals surface area contributed by atoms with Crippen molar-refractivity contribution in [2.45, 2.75) is 64.5 Å². The van der Waals surface area contributed by atoms with Gasteiger partial charge in [0.25, 0.3) is 11.8 Å². The number of ether oxygens (including phenoxy) is 2. The van der Waals surface area contributed by atoms with Crippen LogP contribution >= 0.6 is 11.6 Å². The summed E-state index contributed by atoms with van der Waals surface area (Å²) in [5.41, 5.74) is 0.129. The van der Waals surface area contributed by atoms with Gasteiger partial charge in [0.15, 0.2) is 0 Å². The van der Waals surface area contributed by atoms with E-state index in [2.05, 4.69) is 44.2 Å². The summed E-state index contributed by atoms with van der Waals surface area (Å²) in [7, 11) is 0. The topological polar surface area (TPSA) is 111 Å². The first-order chi connectivity index (χ1) is 18.4. The maximum absolute atomic E-state index is 13.7. The summed E-state index contributed by atoms with van der Waals surface area (Å²) in [5, 5.41) is 10.1. The molecule has 2 amide bonds. The molecule has 1 fully saturated rings. The number of likely N-dealkylation sites (tertiary alicyclic amines) is 1. The maximum atomic E-state index is 13.7. The number of pyridine rings is 1. The maximum Gasteiger partial charge on any atom is 0.345 e. The Bertz CT molecular complexity index is 1090. The van der Waals surface area contributed by atoms with Gasteiger partial charge >= 0.3 is 6.61 Å². The Kier molecular flexibility index (Phi) is 11.0. The first kappa shape index (κ1) is 30.7. The number of anilines is 1. The van der Waals surface area contributed by atoms with Crippen molar-refractivity contribution >= 4 is 29.2 Å². The minimum atomic E-state index is -3.66. The predicted octanol–water partition coefficient (Wildman–Crippen LogP) is 3.56. The van der Waals surface area contributed by atoms with E-state index < -0.39 is 44.2 Å². The largest absolute Gasteiger partial charge is 0.369 e. The van der Waals surface area contributed by atoms with E-state index in [1.165, 1.54) is 18.3 Å². The number of halogens is 5. The molecule has 1 saturated heterocycles. The van der Waals surface area contributed by atoms with Gasteiger partial charge in [-0.3, -0.25) is 14.3 Å². The van der Waals surface area contributed by atoms with Gasteiger partial charge in [0.2, 0.25) is 5.91 Å². The zero-order valence-corrected chi connectivity index (χ0v) is 22.3. The summed E-state index contributed by atoms with van der Waals surface area (Å²) in [4.78, 5) is 32.0. The Morgan fingerprint density at radius 1 is 1.21 bits per heavy atom. The van der Waals surface area contributed by atoms with E-state index in [0.29, 0.717) is 11.1 Å². The third-order valence-electron chi connectivity index (χ3n) is 5.93. The highest BCUT2D eigenvalue weighted by Crippen LogP contribution is 2.18. The standard InChI is InChI=1S/C24H31ClF4N6O4/c1-15(2)34-7-5-17(6-8-34)31-22(37)19-9-18(12-38-13-24(28,29)14-39-23(26)27)33-35(19)11-21(36)32-20-4-3-16(25)10-30-20/h3-4,9-10,15,17,23H,5-8,11-14H2,1-2H3,(H,31,37)(H,30,32,36). The summed E-state index contributed by atoms with van der Waals surface area (Å²) >= 11 is 5.81. The molecule has 15 heteroatoms. The number of rotatable bonds is 13. The highest BCUT2D eigenvalue weighted by Gasteiger charge is 2.32. The second kappa shape index (κ2) is 14.0. The van der Waals surface area contributed by atoms with Gasteiger partial charge in [-0.05, 0) is 44.9 Å². The molecule has 216 valence electrons. The lowest BCUT2D eigenvalue weighted by Gasteiger charge is -2.34. The quantitative estimate of drug-likeness (QED) is 0.350. The van der Waals surface area contributed by atoms with Crippen LogP contribution in [0.15, 0.2) is 24.4 Å². The molecule has 0 aliphatic carbocycles. The molecule has 39 heavy (non-hydrogen) atoms. The van der Waals surface area contributed by atoms with Gasteiger partial charge in [-0.2, -0.15) is 13.9 Å². The van der Waals surface area contributed by atoms with Gasteiger partial charge in [-0.1, -0.05) is 11.6 Å². The number of carbonyl (C=O) groups is 2. The third-order valence-corrected chi connectivity index (χ3v) is 6.15. The summed E-state index contributed by atoms with van der Waals surface area (Å²) < 4.78 is 61.3. The van der Waals surface area contributed by atoms with Crippen LogP contribution in [-0.4, -0.2) is 82.4 Å². The Labute approximate surface area is 228 Å². The first-order valence-electron chi connectivity index (χ1n) is 12.3. The lowest BCUT2D eigenvalue weighted by atomic mass is 10.0. The number of alkyl halides is 4. The van der Waals surface area contributed by atoms with E-state index in [9.17, 15) is 27.2 Å². The molecule has 0 aromatic carbocycles. The van der Waals surface area contributed by atoms with E-state index in [0.717, 1.165) is 30.6 Å². The number of amides is 2. The molecule has 3 rings (SSSR count). The Balaban J connectivity index is 1.67. The van der Waals surface area contributed by atoms with Crippen molar-refractivity contribution in [2.75, 3.05) is 31.6 Å². The van der Waals surface area contributed by atoms with Crippen molar-refractivity contribution in [3.8, 4) is 0 Å². The SMILES string of the molecule is CC(C)N1CCC(NC(=O)c2cc(COCC(F)(F)COC(F)F)nn2CC(=O)Nc2ccc(Cl)cn2)CC1. The molecule has 1 aliphatic rings. The van der Waals surface area contributed by atoms with E-state index in [1.807, 2.05) is 0 Å². The van der Waals surface area contributed by atoms with Crippen LogP contribution < -0.4 is 10.6 Å². The number of nitrogens with zero attached hydrogens (tertiary/aromatic N) is 4. The fourth-order valence-electron chi connectivity index (χ4n) is 3.96. The molecule has 3 heterocycles. The molecule has 2 aromatic heterocycles. The molecular weight excluding hydrogens is 548 g/mol. The van der Waals surface area contributed by atoms with E-state index in [4.69, 9.17) is 16.3 Å². The molecule has 2 aromatic rings. The Morgan fingerprint density at radius 3 is 2.54 bits per heavy atom. The van der Waals surface area contributed by atoms with Gasteiger partial charge < -0.3 is 25.0 Å². The van der Waals surface area contributed by atoms with E-state index in [1.54, 1.807) is 6.07 Å². The van der Waals surface area contributed by atoms with Gasteiger partial charge in [-0.15, -0.1) is 0 Å². The summed E-state index contributed by atoms with van der Waals surface area (Å²) in [6.07, 6.45) is 2.84. The molecular formula is C24H31ClF4N6O4. The molecule has 0 atom stereocenters. The number of hydrogen-bond donors (Lipinski definition) is 2. The second-order valence-electron chi connectivity index (χ2n) is 9.39. The van der Waals surface area contributed by atoms with Crippen LogP contribution in [0.3, 0.4) is 0 Å². The molecule has 0 spiro atoms. The second-order valence-corrected chi connectivity index (χ2v) is 9.82. The van der Waals surface area contributed by atoms with E-state index >= 15 is 0 Å². The lowest BCUT2D eigenvalue weighted by molar-refractivity contribution is -0.197. The van der Waals surface area contributed by atoms with Crippen molar-refractivity contribution in [2.24, 2.45) is 0 Å². The molecule has 2 N–H and O–H groups in total. The van der Waals surface area contributed by atoms with Gasteiger partial charge in [0, 0.05) is 31.4 Å². The van der Waals surface area contributed by atoms with Crippen molar-refractivity contribution in [3.05, 3.63) is 40.8 Å². The highest BCUT2D eigenvalue weighted by molar-refractivity contribution is 6.30. The zero-order chi connectivity index (χ0) is 28.6. The predicted molar refractivity (Wildman–Crippen MR) is 134 cm³/mol. The van der Waals surface area contributed by atoms with Gasteiger partial charge in [-0.25, -0.2) is 13.8 Å². The minimum absolute atomic E-state index is 0.0342. The van der Waals surface area contributed by atoms with Crippen LogP contribution in [0.5, 0.6) is 0 Å². The number of nitrogens with one attached hydrogen (secondary N) is 2. The average Bonchev–Trinajstić information content (AvgIpc) is 3.26. The smallest absolute Gasteiger partial charge is 0.345 e. The Morgan fingerprint density at radius 2 is 1.92 bits per heavy atom.